The molecule has 3 rings (SSSR count). The number of aromatic nitrogens is 1. The van der Waals surface area contributed by atoms with Crippen LogP contribution in [0.3, 0.4) is 0 Å². The average Bonchev–Trinajstić information content (AvgIpc) is 3.01. The molecule has 1 N–H and O–H groups in total. The second-order valence-electron chi connectivity index (χ2n) is 4.46. The highest BCUT2D eigenvalue weighted by Crippen LogP contribution is 2.28. The fourth-order valence-corrected chi connectivity index (χ4v) is 3.10. The standard InChI is InChI=1S/C15H13NO3S/c1-19-13-4-2-10(3-5-13)11-6-14-16(8-11)12(9-20-14)7-15(17)18/h2-6,8-9H,7H2,1H3,(H,17,18). The Bertz CT molecular complexity index is 755. The summed E-state index contributed by atoms with van der Waals surface area (Å²) in [5.41, 5.74) is 2.96. The molecule has 5 heteroatoms. The molecular weight excluding hydrogens is 274 g/mol. The number of carboxylic acid groups (broad SMARTS) is 1. The first-order chi connectivity index (χ1) is 9.67. The smallest absolute Gasteiger partial charge is 0.309 e. The monoisotopic (exact) mass is 287 g/mol. The largest absolute Gasteiger partial charge is 0.497 e. The fourth-order valence-electron chi connectivity index (χ4n) is 2.17. The van der Waals surface area contributed by atoms with Crippen molar-refractivity contribution in [2.24, 2.45) is 0 Å². The molecular formula is C15H13NO3S. The van der Waals surface area contributed by atoms with Crippen molar-refractivity contribution in [3.63, 3.8) is 0 Å². The van der Waals surface area contributed by atoms with Gasteiger partial charge in [0, 0.05) is 22.8 Å². The molecule has 0 fully saturated rings. The normalized spacial score (nSPS) is 10.8. The molecule has 3 aromatic rings. The molecule has 0 amide bonds. The predicted octanol–water partition coefficient (Wildman–Crippen LogP) is 3.30. The van der Waals surface area contributed by atoms with Gasteiger partial charge in [0.05, 0.1) is 18.4 Å². The van der Waals surface area contributed by atoms with Crippen molar-refractivity contribution in [2.45, 2.75) is 6.42 Å². The lowest BCUT2D eigenvalue weighted by atomic mass is 10.1. The van der Waals surface area contributed by atoms with Crippen molar-refractivity contribution in [2.75, 3.05) is 7.11 Å². The van der Waals surface area contributed by atoms with Crippen molar-refractivity contribution >= 4 is 22.1 Å². The second kappa shape index (κ2) is 5.02. The molecule has 102 valence electrons. The molecule has 0 atom stereocenters. The Hall–Kier alpha value is -2.27. The topological polar surface area (TPSA) is 50.9 Å². The Balaban J connectivity index is 1.99. The molecule has 1 aromatic carbocycles. The van der Waals surface area contributed by atoms with Gasteiger partial charge in [-0.25, -0.2) is 0 Å². The van der Waals surface area contributed by atoms with Gasteiger partial charge in [-0.15, -0.1) is 11.3 Å². The molecule has 0 radical (unpaired) electrons. The highest BCUT2D eigenvalue weighted by atomic mass is 32.1. The molecule has 0 spiro atoms. The van der Waals surface area contributed by atoms with Crippen LogP contribution in [-0.4, -0.2) is 22.6 Å². The quantitative estimate of drug-likeness (QED) is 0.801. The van der Waals surface area contributed by atoms with Crippen LogP contribution in [0.4, 0.5) is 0 Å². The summed E-state index contributed by atoms with van der Waals surface area (Å²) in [6.07, 6.45) is 2.02. The molecule has 0 bridgehead atoms. The second-order valence-corrected chi connectivity index (χ2v) is 5.35. The first-order valence-electron chi connectivity index (χ1n) is 6.12. The van der Waals surface area contributed by atoms with Crippen molar-refractivity contribution in [3.05, 3.63) is 47.6 Å². The minimum Gasteiger partial charge on any atom is -0.497 e. The summed E-state index contributed by atoms with van der Waals surface area (Å²) < 4.78 is 7.09. The van der Waals surface area contributed by atoms with E-state index in [1.54, 1.807) is 18.4 Å². The van der Waals surface area contributed by atoms with E-state index in [0.717, 1.165) is 27.4 Å². The van der Waals surface area contributed by atoms with Crippen LogP contribution in [0.1, 0.15) is 5.69 Å². The molecule has 2 aromatic heterocycles. The molecule has 0 unspecified atom stereocenters. The van der Waals surface area contributed by atoms with Crippen molar-refractivity contribution < 1.29 is 14.6 Å². The molecule has 0 aliphatic carbocycles. The minimum atomic E-state index is -0.815. The zero-order chi connectivity index (χ0) is 14.1. The van der Waals surface area contributed by atoms with Crippen LogP contribution >= 0.6 is 11.3 Å². The Kier molecular flexibility index (Phi) is 3.20. The maximum Gasteiger partial charge on any atom is 0.309 e. The van der Waals surface area contributed by atoms with Gasteiger partial charge in [-0.3, -0.25) is 4.79 Å². The lowest BCUT2D eigenvalue weighted by Crippen LogP contribution is -2.01. The number of thiazole rings is 1. The Morgan fingerprint density at radius 3 is 2.70 bits per heavy atom. The molecule has 2 heterocycles. The molecule has 0 aliphatic heterocycles. The van der Waals surface area contributed by atoms with Crippen LogP contribution in [0.25, 0.3) is 16.0 Å². The molecule has 0 aliphatic rings. The molecule has 0 saturated carbocycles. The van der Waals surface area contributed by atoms with Crippen LogP contribution in [-0.2, 0) is 11.2 Å². The Morgan fingerprint density at radius 1 is 1.30 bits per heavy atom. The molecule has 0 saturated heterocycles. The van der Waals surface area contributed by atoms with E-state index in [9.17, 15) is 4.79 Å². The van der Waals surface area contributed by atoms with Crippen LogP contribution in [0.2, 0.25) is 0 Å². The first-order valence-corrected chi connectivity index (χ1v) is 7.00. The summed E-state index contributed by atoms with van der Waals surface area (Å²) in [5, 5.41) is 10.8. The van der Waals surface area contributed by atoms with Crippen LogP contribution in [0, 0.1) is 0 Å². The van der Waals surface area contributed by atoms with Gasteiger partial charge in [0.1, 0.15) is 5.75 Å². The van der Waals surface area contributed by atoms with E-state index < -0.39 is 5.97 Å². The van der Waals surface area contributed by atoms with Gasteiger partial charge in [-0.05, 0) is 23.8 Å². The van der Waals surface area contributed by atoms with E-state index >= 15 is 0 Å². The van der Waals surface area contributed by atoms with E-state index in [0.29, 0.717) is 0 Å². The number of nitrogens with zero attached hydrogens (tertiary/aromatic N) is 1. The number of methoxy groups -OCH3 is 1. The van der Waals surface area contributed by atoms with Crippen molar-refractivity contribution in [1.82, 2.24) is 4.40 Å². The third-order valence-corrected chi connectivity index (χ3v) is 4.11. The lowest BCUT2D eigenvalue weighted by molar-refractivity contribution is -0.136. The number of hydrogen-bond acceptors (Lipinski definition) is 3. The minimum absolute atomic E-state index is 0.0384. The average molecular weight is 287 g/mol. The third-order valence-electron chi connectivity index (χ3n) is 3.17. The zero-order valence-corrected chi connectivity index (χ0v) is 11.7. The van der Waals surface area contributed by atoms with Crippen molar-refractivity contribution in [1.29, 1.82) is 0 Å². The van der Waals surface area contributed by atoms with Gasteiger partial charge >= 0.3 is 5.97 Å². The summed E-state index contributed by atoms with van der Waals surface area (Å²) in [4.78, 5) is 11.9. The van der Waals surface area contributed by atoms with Gasteiger partial charge in [-0.2, -0.15) is 0 Å². The van der Waals surface area contributed by atoms with E-state index in [-0.39, 0.29) is 6.42 Å². The lowest BCUT2D eigenvalue weighted by Gasteiger charge is -2.01. The van der Waals surface area contributed by atoms with E-state index in [4.69, 9.17) is 9.84 Å². The van der Waals surface area contributed by atoms with Crippen LogP contribution < -0.4 is 4.74 Å². The number of rotatable bonds is 4. The van der Waals surface area contributed by atoms with Crippen LogP contribution in [0.5, 0.6) is 5.75 Å². The van der Waals surface area contributed by atoms with Gasteiger partial charge in [0.25, 0.3) is 0 Å². The molecule has 20 heavy (non-hydrogen) atoms. The fraction of sp³-hybridized carbons (Fsp3) is 0.133. The van der Waals surface area contributed by atoms with E-state index in [2.05, 4.69) is 6.07 Å². The SMILES string of the molecule is COc1ccc(-c2cc3scc(CC(=O)O)n3c2)cc1. The number of hydrogen-bond donors (Lipinski definition) is 1. The summed E-state index contributed by atoms with van der Waals surface area (Å²) in [6.45, 7) is 0. The Labute approximate surface area is 119 Å². The number of aliphatic carboxylic acids is 1. The van der Waals surface area contributed by atoms with Gasteiger partial charge in [-0.1, -0.05) is 12.1 Å². The summed E-state index contributed by atoms with van der Waals surface area (Å²) in [6, 6.07) is 9.89. The van der Waals surface area contributed by atoms with E-state index in [1.165, 1.54) is 0 Å². The number of carboxylic acids is 1. The highest BCUT2D eigenvalue weighted by molar-refractivity contribution is 7.15. The highest BCUT2D eigenvalue weighted by Gasteiger charge is 2.10. The zero-order valence-electron chi connectivity index (χ0n) is 10.9. The third kappa shape index (κ3) is 2.28. The van der Waals surface area contributed by atoms with Crippen LogP contribution in [0.15, 0.2) is 41.9 Å². The van der Waals surface area contributed by atoms with Gasteiger partial charge in [0.15, 0.2) is 0 Å². The summed E-state index contributed by atoms with van der Waals surface area (Å²) >= 11 is 1.55. The number of benzene rings is 1. The first kappa shape index (κ1) is 12.7. The maximum atomic E-state index is 10.8. The number of ether oxygens (including phenoxy) is 1. The summed E-state index contributed by atoms with van der Waals surface area (Å²) in [7, 11) is 1.64. The number of carbonyl (C=O) groups is 1. The predicted molar refractivity (Wildman–Crippen MR) is 78.6 cm³/mol. The van der Waals surface area contributed by atoms with Crippen molar-refractivity contribution in [3.8, 4) is 16.9 Å². The summed E-state index contributed by atoms with van der Waals surface area (Å²) in [5.74, 6) is 0.00531. The van der Waals surface area contributed by atoms with Gasteiger partial charge < -0.3 is 14.2 Å². The number of fused-ring (bicyclic) bond motifs is 1. The van der Waals surface area contributed by atoms with E-state index in [1.807, 2.05) is 40.2 Å². The van der Waals surface area contributed by atoms with Gasteiger partial charge in [0.2, 0.25) is 0 Å². The maximum absolute atomic E-state index is 10.8. The molecule has 4 nitrogen and oxygen atoms in total. The Morgan fingerprint density at radius 2 is 2.05 bits per heavy atom.